The van der Waals surface area contributed by atoms with E-state index in [1.807, 2.05) is 0 Å². The molecule has 0 atom stereocenters. The fraction of sp³-hybridized carbons (Fsp3) is 0.684. The molecule has 6 nitrogen and oxygen atoms in total. The van der Waals surface area contributed by atoms with E-state index in [1.54, 1.807) is 35.6 Å². The van der Waals surface area contributed by atoms with Crippen LogP contribution in [0.4, 0.5) is 0 Å². The molecule has 0 amide bonds. The Balaban J connectivity index is 1.44. The monoisotopic (exact) mass is 460 g/mol. The third kappa shape index (κ3) is 5.74. The van der Waals surface area contributed by atoms with Crippen LogP contribution in [0.3, 0.4) is 0 Å². The van der Waals surface area contributed by atoms with E-state index in [2.05, 4.69) is 20.8 Å². The second kappa shape index (κ2) is 9.80. The van der Waals surface area contributed by atoms with E-state index in [-0.39, 0.29) is 12.1 Å². The second-order valence-corrected chi connectivity index (χ2v) is 10.1. The van der Waals surface area contributed by atoms with Gasteiger partial charge in [-0.25, -0.2) is 8.42 Å². The molecule has 1 aliphatic heterocycles. The summed E-state index contributed by atoms with van der Waals surface area (Å²) in [5.41, 5.74) is 0. The fourth-order valence-electron chi connectivity index (χ4n) is 3.72. The predicted molar refractivity (Wildman–Crippen MR) is 108 cm³/mol. The number of halogens is 1. The normalized spacial score (nSPS) is 25.0. The first-order valence-corrected chi connectivity index (χ1v) is 11.9. The minimum Gasteiger partial charge on any atom is -0.379 e. The minimum absolute atomic E-state index is 0.0396. The maximum absolute atomic E-state index is 12.8. The Morgan fingerprint density at radius 1 is 1.15 bits per heavy atom. The number of hydrogen-bond donors (Lipinski definition) is 0. The lowest BCUT2D eigenvalue weighted by molar-refractivity contribution is -0.0132. The lowest BCUT2D eigenvalue weighted by Crippen LogP contribution is -2.41. The number of benzene rings is 1. The van der Waals surface area contributed by atoms with Crippen LogP contribution in [-0.4, -0.2) is 76.3 Å². The summed E-state index contributed by atoms with van der Waals surface area (Å²) in [7, 11) is -1.76. The van der Waals surface area contributed by atoms with Crippen molar-refractivity contribution >= 4 is 26.0 Å². The molecule has 8 heteroatoms. The smallest absolute Gasteiger partial charge is 0.243 e. The molecular weight excluding hydrogens is 432 g/mol. The van der Waals surface area contributed by atoms with E-state index in [9.17, 15) is 8.42 Å². The molecule has 1 aromatic rings. The maximum atomic E-state index is 12.8. The van der Waals surface area contributed by atoms with E-state index in [0.717, 1.165) is 69.6 Å². The molecule has 0 spiro atoms. The van der Waals surface area contributed by atoms with Gasteiger partial charge in [0, 0.05) is 37.2 Å². The van der Waals surface area contributed by atoms with Crippen LogP contribution >= 0.6 is 15.9 Å². The van der Waals surface area contributed by atoms with Crippen molar-refractivity contribution in [2.45, 2.75) is 42.7 Å². The Hall–Kier alpha value is -0.510. The van der Waals surface area contributed by atoms with Crippen LogP contribution in [-0.2, 0) is 19.5 Å². The average Bonchev–Trinajstić information content (AvgIpc) is 2.69. The molecule has 0 bridgehead atoms. The van der Waals surface area contributed by atoms with Gasteiger partial charge in [-0.1, -0.05) is 15.9 Å². The van der Waals surface area contributed by atoms with Crippen LogP contribution < -0.4 is 0 Å². The Bertz CT molecular complexity index is 684. The van der Waals surface area contributed by atoms with Gasteiger partial charge < -0.3 is 9.47 Å². The van der Waals surface area contributed by atoms with Crippen molar-refractivity contribution in [2.75, 3.05) is 46.5 Å². The Kier molecular flexibility index (Phi) is 7.70. The van der Waals surface area contributed by atoms with Gasteiger partial charge in [0.25, 0.3) is 0 Å². The van der Waals surface area contributed by atoms with E-state index in [4.69, 9.17) is 9.47 Å². The number of nitrogens with zero attached hydrogens (tertiary/aromatic N) is 2. The van der Waals surface area contributed by atoms with Gasteiger partial charge in [-0.3, -0.25) is 4.90 Å². The zero-order chi connectivity index (χ0) is 19.3. The van der Waals surface area contributed by atoms with E-state index >= 15 is 0 Å². The Morgan fingerprint density at radius 3 is 2.41 bits per heavy atom. The molecule has 1 heterocycles. The largest absolute Gasteiger partial charge is 0.379 e. The van der Waals surface area contributed by atoms with Crippen molar-refractivity contribution in [3.8, 4) is 0 Å². The molecule has 1 saturated heterocycles. The quantitative estimate of drug-likeness (QED) is 0.625. The van der Waals surface area contributed by atoms with Gasteiger partial charge in [0.2, 0.25) is 10.0 Å². The number of sulfonamides is 1. The summed E-state index contributed by atoms with van der Waals surface area (Å²) < 4.78 is 39.5. The number of rotatable bonds is 7. The number of hydrogen-bond acceptors (Lipinski definition) is 5. The summed E-state index contributed by atoms with van der Waals surface area (Å²) in [6, 6.07) is 6.87. The van der Waals surface area contributed by atoms with Crippen molar-refractivity contribution in [1.29, 1.82) is 0 Å². The topological polar surface area (TPSA) is 59.1 Å². The van der Waals surface area contributed by atoms with Gasteiger partial charge in [-0.15, -0.1) is 0 Å². The van der Waals surface area contributed by atoms with Crippen LogP contribution in [0.25, 0.3) is 0 Å². The highest BCUT2D eigenvalue weighted by atomic mass is 79.9. The second-order valence-electron chi connectivity index (χ2n) is 7.23. The highest BCUT2D eigenvalue weighted by Crippen LogP contribution is 2.28. The summed E-state index contributed by atoms with van der Waals surface area (Å²) in [5, 5.41) is 0. The summed E-state index contributed by atoms with van der Waals surface area (Å²) in [6.45, 7) is 5.27. The van der Waals surface area contributed by atoms with Gasteiger partial charge >= 0.3 is 0 Å². The van der Waals surface area contributed by atoms with Gasteiger partial charge in [0.15, 0.2) is 0 Å². The van der Waals surface area contributed by atoms with E-state index < -0.39 is 10.0 Å². The summed E-state index contributed by atoms with van der Waals surface area (Å²) in [5.74, 6) is 0. The third-order valence-electron chi connectivity index (χ3n) is 5.51. The summed E-state index contributed by atoms with van der Waals surface area (Å²) >= 11 is 3.35. The molecular formula is C19H29BrN2O4S. The van der Waals surface area contributed by atoms with Crippen molar-refractivity contribution in [3.63, 3.8) is 0 Å². The molecule has 0 N–H and O–H groups in total. The Morgan fingerprint density at radius 2 is 1.78 bits per heavy atom. The van der Waals surface area contributed by atoms with Gasteiger partial charge in [0.1, 0.15) is 0 Å². The fourth-order valence-corrected chi connectivity index (χ4v) is 5.40. The first kappa shape index (κ1) is 21.2. The molecule has 0 unspecified atom stereocenters. The molecule has 2 fully saturated rings. The molecule has 1 aromatic carbocycles. The molecule has 2 aliphatic rings. The average molecular weight is 461 g/mol. The van der Waals surface area contributed by atoms with E-state index in [0.29, 0.717) is 4.90 Å². The zero-order valence-electron chi connectivity index (χ0n) is 15.8. The molecule has 0 aromatic heterocycles. The van der Waals surface area contributed by atoms with Crippen LogP contribution in [0.2, 0.25) is 0 Å². The molecule has 0 radical (unpaired) electrons. The van der Waals surface area contributed by atoms with Gasteiger partial charge in [-0.2, -0.15) is 4.31 Å². The van der Waals surface area contributed by atoms with Crippen LogP contribution in [0.5, 0.6) is 0 Å². The minimum atomic E-state index is -3.45. The first-order valence-electron chi connectivity index (χ1n) is 9.62. The predicted octanol–water partition coefficient (Wildman–Crippen LogP) is 2.73. The van der Waals surface area contributed by atoms with E-state index in [1.165, 1.54) is 0 Å². The van der Waals surface area contributed by atoms with Crippen LogP contribution in [0.1, 0.15) is 25.7 Å². The lowest BCUT2D eigenvalue weighted by atomic mass is 9.93. The molecule has 3 rings (SSSR count). The highest BCUT2D eigenvalue weighted by Gasteiger charge is 2.31. The first-order chi connectivity index (χ1) is 13.0. The molecule has 27 heavy (non-hydrogen) atoms. The maximum Gasteiger partial charge on any atom is 0.243 e. The van der Waals surface area contributed by atoms with Crippen LogP contribution in [0.15, 0.2) is 33.6 Å². The van der Waals surface area contributed by atoms with Crippen molar-refractivity contribution in [3.05, 3.63) is 28.7 Å². The summed E-state index contributed by atoms with van der Waals surface area (Å²) in [6.07, 6.45) is 3.75. The van der Waals surface area contributed by atoms with Crippen molar-refractivity contribution in [2.24, 2.45) is 0 Å². The van der Waals surface area contributed by atoms with Gasteiger partial charge in [-0.05, 0) is 49.9 Å². The number of morpholine rings is 1. The van der Waals surface area contributed by atoms with Crippen molar-refractivity contribution in [1.82, 2.24) is 9.21 Å². The van der Waals surface area contributed by atoms with Gasteiger partial charge in [0.05, 0.1) is 30.8 Å². The lowest BCUT2D eigenvalue weighted by Gasteiger charge is -2.34. The standard InChI is InChI=1S/C19H29BrN2O4S/c1-21(27(23,24)19-8-2-16(20)3-9-19)17-4-6-18(7-5-17)26-15-12-22-10-13-25-14-11-22/h2-3,8-9,17-18H,4-7,10-15H2,1H3/t17-,18-. The number of ether oxygens (including phenoxy) is 2. The zero-order valence-corrected chi connectivity index (χ0v) is 18.3. The molecule has 152 valence electrons. The van der Waals surface area contributed by atoms with Crippen molar-refractivity contribution < 1.29 is 17.9 Å². The third-order valence-corrected chi connectivity index (χ3v) is 7.97. The Labute approximate surface area is 171 Å². The summed E-state index contributed by atoms with van der Waals surface area (Å²) in [4.78, 5) is 2.71. The van der Waals surface area contributed by atoms with Crippen LogP contribution in [0, 0.1) is 0 Å². The molecule has 1 saturated carbocycles. The SMILES string of the molecule is CN([C@H]1CC[C@H](OCCN2CCOCC2)CC1)S(=O)(=O)c1ccc(Br)cc1. The molecule has 1 aliphatic carbocycles. The highest BCUT2D eigenvalue weighted by molar-refractivity contribution is 9.10.